The molecule has 0 bridgehead atoms. The first kappa shape index (κ1) is 17.8. The molecule has 1 unspecified atom stereocenters. The highest BCUT2D eigenvalue weighted by Gasteiger charge is 2.27. The quantitative estimate of drug-likeness (QED) is 0.655. The van der Waals surface area contributed by atoms with Crippen LogP contribution in [0.25, 0.3) is 0 Å². The summed E-state index contributed by atoms with van der Waals surface area (Å²) in [5.74, 6) is 0.970. The number of alkyl halides is 1. The highest BCUT2D eigenvalue weighted by Crippen LogP contribution is 2.23. The molecular weight excluding hydrogens is 246 g/mol. The van der Waals surface area contributed by atoms with Crippen molar-refractivity contribution in [3.63, 3.8) is 0 Å². The van der Waals surface area contributed by atoms with E-state index >= 15 is 0 Å². The molecule has 0 fully saturated rings. The molecule has 0 rings (SSSR count). The predicted octanol–water partition coefficient (Wildman–Crippen LogP) is 4.36. The number of hydrogen-bond acceptors (Lipinski definition) is 1. The van der Waals surface area contributed by atoms with E-state index in [0.717, 1.165) is 32.1 Å². The van der Waals surface area contributed by atoms with Crippen molar-refractivity contribution in [3.05, 3.63) is 0 Å². The van der Waals surface area contributed by atoms with E-state index in [-0.39, 0.29) is 23.3 Å². The summed E-state index contributed by atoms with van der Waals surface area (Å²) in [5.41, 5.74) is 0.0630. The minimum Gasteiger partial charge on any atom is -0.353 e. The van der Waals surface area contributed by atoms with Gasteiger partial charge in [0.15, 0.2) is 0 Å². The van der Waals surface area contributed by atoms with Gasteiger partial charge in [0.2, 0.25) is 5.91 Å². The van der Waals surface area contributed by atoms with E-state index in [4.69, 9.17) is 11.6 Å². The summed E-state index contributed by atoms with van der Waals surface area (Å²) in [7, 11) is 0. The Hall–Kier alpha value is -0.240. The number of carbonyl (C=O) groups is 1. The fourth-order valence-electron chi connectivity index (χ4n) is 2.22. The van der Waals surface area contributed by atoms with E-state index < -0.39 is 0 Å². The summed E-state index contributed by atoms with van der Waals surface area (Å²) < 4.78 is 0. The number of carbonyl (C=O) groups excluding carboxylic acids is 1. The second kappa shape index (κ2) is 8.79. The summed E-state index contributed by atoms with van der Waals surface area (Å²) >= 11 is 5.84. The van der Waals surface area contributed by atoms with Crippen molar-refractivity contribution in [2.45, 2.75) is 72.8 Å². The largest absolute Gasteiger partial charge is 0.353 e. The zero-order valence-electron chi connectivity index (χ0n) is 12.7. The number of amides is 1. The normalized spacial score (nSPS) is 13.7. The van der Waals surface area contributed by atoms with Crippen molar-refractivity contribution in [2.24, 2.45) is 11.3 Å². The Morgan fingerprint density at radius 2 is 1.61 bits per heavy atom. The Morgan fingerprint density at radius 3 is 1.94 bits per heavy atom. The van der Waals surface area contributed by atoms with Gasteiger partial charge in [0, 0.05) is 17.8 Å². The fraction of sp³-hybridized carbons (Fsp3) is 0.933. The van der Waals surface area contributed by atoms with E-state index in [1.54, 1.807) is 0 Å². The maximum absolute atomic E-state index is 12.3. The summed E-state index contributed by atoms with van der Waals surface area (Å²) in [6.07, 6.45) is 4.93. The van der Waals surface area contributed by atoms with Crippen LogP contribution in [-0.4, -0.2) is 17.8 Å². The molecule has 1 amide bonds. The first-order valence-corrected chi connectivity index (χ1v) is 7.76. The fourth-order valence-corrected chi connectivity index (χ4v) is 2.44. The molecule has 0 saturated heterocycles. The maximum Gasteiger partial charge on any atom is 0.223 e. The van der Waals surface area contributed by atoms with Gasteiger partial charge in [-0.05, 0) is 24.7 Å². The van der Waals surface area contributed by atoms with E-state index in [9.17, 15) is 4.79 Å². The molecule has 0 radical (unpaired) electrons. The highest BCUT2D eigenvalue weighted by atomic mass is 35.5. The third-order valence-electron chi connectivity index (χ3n) is 3.40. The zero-order chi connectivity index (χ0) is 14.2. The van der Waals surface area contributed by atoms with Gasteiger partial charge in [0.1, 0.15) is 0 Å². The Labute approximate surface area is 118 Å². The molecule has 0 aliphatic rings. The standard InChI is InChI=1S/C15H30ClNO/c1-6-8-12(9-7-2)14(18)17-13(10-11-16)15(3,4)5/h12-13H,6-11H2,1-5H3,(H,17,18). The van der Waals surface area contributed by atoms with Crippen LogP contribution in [0.4, 0.5) is 0 Å². The van der Waals surface area contributed by atoms with Gasteiger partial charge >= 0.3 is 0 Å². The van der Waals surface area contributed by atoms with E-state index in [0.29, 0.717) is 5.88 Å². The van der Waals surface area contributed by atoms with E-state index in [2.05, 4.69) is 39.9 Å². The molecule has 0 spiro atoms. The lowest BCUT2D eigenvalue weighted by Crippen LogP contribution is -2.46. The van der Waals surface area contributed by atoms with Crippen LogP contribution in [0.1, 0.15) is 66.7 Å². The van der Waals surface area contributed by atoms with Crippen LogP contribution in [-0.2, 0) is 4.79 Å². The summed E-state index contributed by atoms with van der Waals surface area (Å²) in [4.78, 5) is 12.3. The molecule has 0 aliphatic heterocycles. The molecule has 3 heteroatoms. The second-order valence-electron chi connectivity index (χ2n) is 6.18. The Morgan fingerprint density at radius 1 is 1.11 bits per heavy atom. The van der Waals surface area contributed by atoms with Crippen LogP contribution in [0.5, 0.6) is 0 Å². The van der Waals surface area contributed by atoms with Crippen LogP contribution >= 0.6 is 11.6 Å². The third-order valence-corrected chi connectivity index (χ3v) is 3.62. The molecule has 2 nitrogen and oxygen atoms in total. The van der Waals surface area contributed by atoms with Crippen molar-refractivity contribution < 1.29 is 4.79 Å². The molecule has 0 aromatic heterocycles. The Balaban J connectivity index is 4.54. The van der Waals surface area contributed by atoms with Gasteiger partial charge < -0.3 is 5.32 Å². The van der Waals surface area contributed by atoms with Crippen LogP contribution < -0.4 is 5.32 Å². The number of rotatable bonds is 8. The summed E-state index contributed by atoms with van der Waals surface area (Å²) in [6, 6.07) is 0.165. The zero-order valence-corrected chi connectivity index (χ0v) is 13.4. The molecule has 0 aromatic carbocycles. The van der Waals surface area contributed by atoms with Gasteiger partial charge in [-0.25, -0.2) is 0 Å². The van der Waals surface area contributed by atoms with Crippen molar-refractivity contribution in [1.82, 2.24) is 5.32 Å². The Bertz CT molecular complexity index is 229. The topological polar surface area (TPSA) is 29.1 Å². The van der Waals surface area contributed by atoms with Crippen molar-refractivity contribution in [2.75, 3.05) is 5.88 Å². The first-order chi connectivity index (χ1) is 8.36. The number of nitrogens with one attached hydrogen (secondary N) is 1. The second-order valence-corrected chi connectivity index (χ2v) is 6.56. The van der Waals surface area contributed by atoms with E-state index in [1.165, 1.54) is 0 Å². The Kier molecular flexibility index (Phi) is 8.67. The van der Waals surface area contributed by atoms with Gasteiger partial charge in [-0.1, -0.05) is 47.5 Å². The number of halogens is 1. The monoisotopic (exact) mass is 275 g/mol. The molecule has 108 valence electrons. The lowest BCUT2D eigenvalue weighted by atomic mass is 9.84. The molecule has 0 saturated carbocycles. The SMILES string of the molecule is CCCC(CCC)C(=O)NC(CCCl)C(C)(C)C. The van der Waals surface area contributed by atoms with Crippen LogP contribution in [0.2, 0.25) is 0 Å². The highest BCUT2D eigenvalue weighted by molar-refractivity contribution is 6.17. The minimum absolute atomic E-state index is 0.0630. The molecule has 1 atom stereocenters. The third kappa shape index (κ3) is 6.63. The summed E-state index contributed by atoms with van der Waals surface area (Å²) in [5, 5.41) is 3.20. The van der Waals surface area contributed by atoms with Crippen LogP contribution in [0.15, 0.2) is 0 Å². The maximum atomic E-state index is 12.3. The average molecular weight is 276 g/mol. The van der Waals surface area contributed by atoms with Gasteiger partial charge in [0.05, 0.1) is 0 Å². The molecule has 18 heavy (non-hydrogen) atoms. The van der Waals surface area contributed by atoms with Gasteiger partial charge in [-0.2, -0.15) is 0 Å². The van der Waals surface area contributed by atoms with Crippen molar-refractivity contribution >= 4 is 17.5 Å². The lowest BCUT2D eigenvalue weighted by molar-refractivity contribution is -0.127. The molecule has 0 heterocycles. The van der Waals surface area contributed by atoms with Crippen LogP contribution in [0, 0.1) is 11.3 Å². The van der Waals surface area contributed by atoms with Gasteiger partial charge in [0.25, 0.3) is 0 Å². The first-order valence-electron chi connectivity index (χ1n) is 7.23. The van der Waals surface area contributed by atoms with Crippen molar-refractivity contribution in [3.8, 4) is 0 Å². The van der Waals surface area contributed by atoms with Crippen molar-refractivity contribution in [1.29, 1.82) is 0 Å². The van der Waals surface area contributed by atoms with Gasteiger partial charge in [-0.15, -0.1) is 11.6 Å². The molecule has 0 aliphatic carbocycles. The van der Waals surface area contributed by atoms with Gasteiger partial charge in [-0.3, -0.25) is 4.79 Å². The molecule has 1 N–H and O–H groups in total. The smallest absolute Gasteiger partial charge is 0.223 e. The minimum atomic E-state index is 0.0630. The molecule has 0 aromatic rings. The predicted molar refractivity (Wildman–Crippen MR) is 80.0 cm³/mol. The molecular formula is C15H30ClNO. The summed E-state index contributed by atoms with van der Waals surface area (Å²) in [6.45, 7) is 10.7. The lowest BCUT2D eigenvalue weighted by Gasteiger charge is -2.32. The van der Waals surface area contributed by atoms with E-state index in [1.807, 2.05) is 0 Å². The van der Waals surface area contributed by atoms with Crippen LogP contribution in [0.3, 0.4) is 0 Å². The number of hydrogen-bond donors (Lipinski definition) is 1. The average Bonchev–Trinajstić information content (AvgIpc) is 2.26.